The second-order valence-electron chi connectivity index (χ2n) is 5.18. The highest BCUT2D eigenvalue weighted by Gasteiger charge is 2.36. The molecule has 0 spiro atoms. The molecule has 3 heterocycles. The third-order valence-electron chi connectivity index (χ3n) is 4.05. The highest BCUT2D eigenvalue weighted by molar-refractivity contribution is 5.93. The molecule has 1 aromatic rings. The van der Waals surface area contributed by atoms with Gasteiger partial charge >= 0.3 is 0 Å². The van der Waals surface area contributed by atoms with Gasteiger partial charge < -0.3 is 14.8 Å². The van der Waals surface area contributed by atoms with E-state index in [1.165, 1.54) is 12.8 Å². The average Bonchev–Trinajstić information content (AvgIpc) is 2.93. The monoisotopic (exact) mass is 233 g/mol. The molecule has 2 aliphatic rings. The van der Waals surface area contributed by atoms with Crippen molar-refractivity contribution in [3.05, 3.63) is 24.0 Å². The third-order valence-corrected chi connectivity index (χ3v) is 4.05. The van der Waals surface area contributed by atoms with E-state index in [0.717, 1.165) is 25.3 Å². The summed E-state index contributed by atoms with van der Waals surface area (Å²) in [5.74, 6) is 0.835. The van der Waals surface area contributed by atoms with Crippen LogP contribution in [0.1, 0.15) is 23.3 Å². The van der Waals surface area contributed by atoms with Gasteiger partial charge in [-0.1, -0.05) is 0 Å². The number of likely N-dealkylation sites (tertiary alicyclic amines) is 1. The molecule has 0 bridgehead atoms. The van der Waals surface area contributed by atoms with Crippen molar-refractivity contribution in [3.8, 4) is 0 Å². The third kappa shape index (κ3) is 1.86. The molecule has 0 aliphatic carbocycles. The summed E-state index contributed by atoms with van der Waals surface area (Å²) in [6.07, 6.45) is 4.43. The molecule has 2 atom stereocenters. The minimum absolute atomic E-state index is 0.175. The van der Waals surface area contributed by atoms with Gasteiger partial charge in [0.15, 0.2) is 0 Å². The molecule has 2 aliphatic heterocycles. The molecular weight excluding hydrogens is 214 g/mol. The van der Waals surface area contributed by atoms with E-state index in [1.54, 1.807) is 0 Å². The molecule has 1 aromatic heterocycles. The van der Waals surface area contributed by atoms with Crippen LogP contribution in [0.5, 0.6) is 0 Å². The van der Waals surface area contributed by atoms with Crippen molar-refractivity contribution in [2.24, 2.45) is 13.0 Å². The number of amides is 1. The maximum Gasteiger partial charge on any atom is 0.270 e. The molecule has 0 saturated carbocycles. The predicted molar refractivity (Wildman–Crippen MR) is 65.8 cm³/mol. The quantitative estimate of drug-likeness (QED) is 0.781. The van der Waals surface area contributed by atoms with Gasteiger partial charge in [-0.2, -0.15) is 0 Å². The fourth-order valence-corrected chi connectivity index (χ4v) is 3.06. The first kappa shape index (κ1) is 10.8. The van der Waals surface area contributed by atoms with Crippen LogP contribution in [0.4, 0.5) is 0 Å². The van der Waals surface area contributed by atoms with Crippen LogP contribution in [0.3, 0.4) is 0 Å². The maximum absolute atomic E-state index is 12.3. The van der Waals surface area contributed by atoms with Gasteiger partial charge in [0.25, 0.3) is 5.91 Å². The highest BCUT2D eigenvalue weighted by Crippen LogP contribution is 2.25. The number of hydrogen-bond donors (Lipinski definition) is 1. The van der Waals surface area contributed by atoms with E-state index in [4.69, 9.17) is 0 Å². The zero-order valence-corrected chi connectivity index (χ0v) is 10.2. The van der Waals surface area contributed by atoms with E-state index < -0.39 is 0 Å². The zero-order chi connectivity index (χ0) is 11.8. The van der Waals surface area contributed by atoms with E-state index in [-0.39, 0.29) is 5.91 Å². The molecule has 1 amide bonds. The Balaban J connectivity index is 1.74. The summed E-state index contributed by atoms with van der Waals surface area (Å²) in [5.41, 5.74) is 0.795. The van der Waals surface area contributed by atoms with Crippen molar-refractivity contribution >= 4 is 5.91 Å². The first-order valence-corrected chi connectivity index (χ1v) is 6.39. The van der Waals surface area contributed by atoms with Crippen molar-refractivity contribution in [2.45, 2.75) is 18.9 Å². The molecule has 0 radical (unpaired) electrons. The fourth-order valence-electron chi connectivity index (χ4n) is 3.06. The molecule has 17 heavy (non-hydrogen) atoms. The molecule has 1 N–H and O–H groups in total. The second kappa shape index (κ2) is 4.18. The van der Waals surface area contributed by atoms with E-state index in [1.807, 2.05) is 34.8 Å². The fraction of sp³-hybridized carbons (Fsp3) is 0.615. The Labute approximate surface area is 102 Å². The number of carbonyl (C=O) groups is 1. The van der Waals surface area contributed by atoms with Crippen LogP contribution in [-0.2, 0) is 7.05 Å². The van der Waals surface area contributed by atoms with Crippen LogP contribution in [0.2, 0.25) is 0 Å². The Morgan fingerprint density at radius 1 is 1.47 bits per heavy atom. The second-order valence-corrected chi connectivity index (χ2v) is 5.18. The molecule has 4 nitrogen and oxygen atoms in total. The van der Waals surface area contributed by atoms with E-state index in [0.29, 0.717) is 12.0 Å². The van der Waals surface area contributed by atoms with Gasteiger partial charge in [0.2, 0.25) is 0 Å². The lowest BCUT2D eigenvalue weighted by Crippen LogP contribution is -2.41. The SMILES string of the molecule is Cn1cccc1C(=O)N1CC2CCCNC2C1. The van der Waals surface area contributed by atoms with Crippen LogP contribution < -0.4 is 5.32 Å². The predicted octanol–water partition coefficient (Wildman–Crippen LogP) is 0.849. The topological polar surface area (TPSA) is 37.3 Å². The number of aromatic nitrogens is 1. The lowest BCUT2D eigenvalue weighted by atomic mass is 9.94. The Morgan fingerprint density at radius 3 is 3.06 bits per heavy atom. The molecule has 2 fully saturated rings. The Kier molecular flexibility index (Phi) is 2.67. The van der Waals surface area contributed by atoms with E-state index >= 15 is 0 Å². The molecule has 92 valence electrons. The first-order valence-electron chi connectivity index (χ1n) is 6.39. The Hall–Kier alpha value is -1.29. The molecule has 0 aromatic carbocycles. The van der Waals surface area contributed by atoms with Gasteiger partial charge in [-0.05, 0) is 37.4 Å². The van der Waals surface area contributed by atoms with Crippen molar-refractivity contribution in [3.63, 3.8) is 0 Å². The molecule has 4 heteroatoms. The van der Waals surface area contributed by atoms with Crippen LogP contribution in [-0.4, -0.2) is 41.1 Å². The van der Waals surface area contributed by atoms with Gasteiger partial charge in [-0.3, -0.25) is 4.79 Å². The van der Waals surface area contributed by atoms with E-state index in [2.05, 4.69) is 5.32 Å². The minimum Gasteiger partial charge on any atom is -0.347 e. The van der Waals surface area contributed by atoms with Crippen molar-refractivity contribution < 1.29 is 4.79 Å². The summed E-state index contributed by atoms with van der Waals surface area (Å²) in [5, 5.41) is 3.53. The standard InChI is InChI=1S/C13H19N3O/c1-15-7-3-5-12(15)13(17)16-8-10-4-2-6-14-11(10)9-16/h3,5,7,10-11,14H,2,4,6,8-9H2,1H3. The molecule has 2 saturated heterocycles. The number of nitrogens with zero attached hydrogens (tertiary/aromatic N) is 2. The van der Waals surface area contributed by atoms with Crippen LogP contribution in [0, 0.1) is 5.92 Å². The van der Waals surface area contributed by atoms with Gasteiger partial charge in [0.1, 0.15) is 5.69 Å². The number of nitrogens with one attached hydrogen (secondary N) is 1. The van der Waals surface area contributed by atoms with Crippen LogP contribution in [0.25, 0.3) is 0 Å². The number of fused-ring (bicyclic) bond motifs is 1. The summed E-state index contributed by atoms with van der Waals surface area (Å²) in [6, 6.07) is 4.35. The van der Waals surface area contributed by atoms with Crippen molar-refractivity contribution in [1.29, 1.82) is 0 Å². The smallest absolute Gasteiger partial charge is 0.270 e. The largest absolute Gasteiger partial charge is 0.347 e. The summed E-state index contributed by atoms with van der Waals surface area (Å²) in [4.78, 5) is 14.4. The van der Waals surface area contributed by atoms with Crippen LogP contribution in [0.15, 0.2) is 18.3 Å². The molecular formula is C13H19N3O. The highest BCUT2D eigenvalue weighted by atomic mass is 16.2. The average molecular weight is 233 g/mol. The molecule has 2 unspecified atom stereocenters. The summed E-state index contributed by atoms with van der Waals surface area (Å²) in [7, 11) is 1.93. The summed E-state index contributed by atoms with van der Waals surface area (Å²) >= 11 is 0. The van der Waals surface area contributed by atoms with Gasteiger partial charge in [-0.25, -0.2) is 0 Å². The van der Waals surface area contributed by atoms with Crippen molar-refractivity contribution in [2.75, 3.05) is 19.6 Å². The number of piperidine rings is 1. The summed E-state index contributed by atoms with van der Waals surface area (Å²) in [6.45, 7) is 2.89. The van der Waals surface area contributed by atoms with Crippen molar-refractivity contribution in [1.82, 2.24) is 14.8 Å². The number of rotatable bonds is 1. The van der Waals surface area contributed by atoms with Gasteiger partial charge in [-0.15, -0.1) is 0 Å². The maximum atomic E-state index is 12.3. The normalized spacial score (nSPS) is 28.2. The lowest BCUT2D eigenvalue weighted by Gasteiger charge is -2.24. The number of carbonyl (C=O) groups excluding carboxylic acids is 1. The minimum atomic E-state index is 0.175. The van der Waals surface area contributed by atoms with Gasteiger partial charge in [0.05, 0.1) is 0 Å². The zero-order valence-electron chi connectivity index (χ0n) is 10.2. The number of aryl methyl sites for hydroxylation is 1. The Morgan fingerprint density at radius 2 is 2.35 bits per heavy atom. The van der Waals surface area contributed by atoms with E-state index in [9.17, 15) is 4.79 Å². The Bertz CT molecular complexity index is 412. The first-order chi connectivity index (χ1) is 8.25. The lowest BCUT2D eigenvalue weighted by molar-refractivity contribution is 0.0776. The molecule has 3 rings (SSSR count). The number of hydrogen-bond acceptors (Lipinski definition) is 2. The van der Waals surface area contributed by atoms with Crippen LogP contribution >= 0.6 is 0 Å². The van der Waals surface area contributed by atoms with Gasteiger partial charge in [0, 0.05) is 32.4 Å². The summed E-state index contributed by atoms with van der Waals surface area (Å²) < 4.78 is 1.90.